The Kier molecular flexibility index (Phi) is 5.86. The number of hydrogen-bond donors (Lipinski definition) is 4. The molecule has 1 atom stereocenters. The van der Waals surface area contributed by atoms with Gasteiger partial charge in [0.1, 0.15) is 6.04 Å². The first kappa shape index (κ1) is 20.6. The molecule has 2 aromatic carbocycles. The van der Waals surface area contributed by atoms with Crippen molar-refractivity contribution in [3.63, 3.8) is 0 Å². The molecule has 30 heavy (non-hydrogen) atoms. The van der Waals surface area contributed by atoms with Gasteiger partial charge in [0.05, 0.1) is 0 Å². The van der Waals surface area contributed by atoms with E-state index < -0.39 is 29.8 Å². The van der Waals surface area contributed by atoms with Gasteiger partial charge in [0, 0.05) is 25.2 Å². The topological polar surface area (TPSA) is 153 Å². The minimum absolute atomic E-state index is 0.0136. The summed E-state index contributed by atoms with van der Waals surface area (Å²) in [5, 5.41) is 21.8. The summed E-state index contributed by atoms with van der Waals surface area (Å²) in [6.07, 6.45) is 0. The van der Waals surface area contributed by atoms with Gasteiger partial charge in [-0.15, -0.1) is 0 Å². The quantitative estimate of drug-likeness (QED) is 0.407. The van der Waals surface area contributed by atoms with Crippen LogP contribution in [0.3, 0.4) is 0 Å². The van der Waals surface area contributed by atoms with Crippen LogP contribution in [-0.4, -0.2) is 56.9 Å². The average molecular weight is 412 g/mol. The molecule has 3 rings (SSSR count). The monoisotopic (exact) mass is 412 g/mol. The van der Waals surface area contributed by atoms with Gasteiger partial charge < -0.3 is 26.2 Å². The van der Waals surface area contributed by atoms with Crippen molar-refractivity contribution in [3.05, 3.63) is 59.7 Å². The van der Waals surface area contributed by atoms with E-state index in [4.69, 9.17) is 5.73 Å². The third-order valence-corrected chi connectivity index (χ3v) is 4.70. The number of phenolic OH excluding ortho intramolecular Hbond substituents is 2. The van der Waals surface area contributed by atoms with Crippen LogP contribution in [0.4, 0.5) is 4.79 Å². The summed E-state index contributed by atoms with van der Waals surface area (Å²) in [5.41, 5.74) is 6.06. The predicted molar refractivity (Wildman–Crippen MR) is 104 cm³/mol. The molecule has 0 aliphatic carbocycles. The second-order valence-corrected chi connectivity index (χ2v) is 6.66. The number of phenols is 2. The molecular weight excluding hydrogens is 392 g/mol. The van der Waals surface area contributed by atoms with Gasteiger partial charge in [-0.1, -0.05) is 42.5 Å². The summed E-state index contributed by atoms with van der Waals surface area (Å²) in [5.74, 6) is -3.57. The second-order valence-electron chi connectivity index (χ2n) is 6.66. The highest BCUT2D eigenvalue weighted by molar-refractivity contribution is 6.38. The van der Waals surface area contributed by atoms with Crippen molar-refractivity contribution in [2.24, 2.45) is 5.73 Å². The van der Waals surface area contributed by atoms with E-state index in [1.807, 2.05) is 0 Å². The number of urea groups is 1. The molecule has 1 unspecified atom stereocenters. The van der Waals surface area contributed by atoms with Crippen LogP contribution < -0.4 is 11.1 Å². The lowest BCUT2D eigenvalue weighted by molar-refractivity contribution is -0.154. The maximum atomic E-state index is 12.5. The minimum Gasteiger partial charge on any atom is -0.504 e. The normalized spacial score (nSPS) is 15.1. The number of primary amides is 1. The molecule has 10 heteroatoms. The van der Waals surface area contributed by atoms with E-state index >= 15 is 0 Å². The zero-order valence-electron chi connectivity index (χ0n) is 15.8. The fourth-order valence-corrected chi connectivity index (χ4v) is 3.10. The van der Waals surface area contributed by atoms with Crippen molar-refractivity contribution in [2.75, 3.05) is 13.1 Å². The highest BCUT2D eigenvalue weighted by Crippen LogP contribution is 2.29. The number of amides is 5. The zero-order valence-corrected chi connectivity index (χ0v) is 15.8. The number of imide groups is 1. The van der Waals surface area contributed by atoms with Crippen molar-refractivity contribution >= 4 is 23.8 Å². The molecule has 0 aromatic heterocycles. The lowest BCUT2D eigenvalue weighted by atomic mass is 10.1. The Morgan fingerprint density at radius 1 is 1.00 bits per heavy atom. The first-order valence-electron chi connectivity index (χ1n) is 9.05. The van der Waals surface area contributed by atoms with E-state index in [2.05, 4.69) is 5.32 Å². The Hall–Kier alpha value is -4.08. The van der Waals surface area contributed by atoms with Crippen LogP contribution in [0.1, 0.15) is 17.2 Å². The molecule has 1 saturated heterocycles. The summed E-state index contributed by atoms with van der Waals surface area (Å²) < 4.78 is 0. The number of piperazine rings is 1. The number of hydrogen-bond acceptors (Lipinski definition) is 6. The average Bonchev–Trinajstić information content (AvgIpc) is 2.73. The molecule has 5 amide bonds. The van der Waals surface area contributed by atoms with Crippen LogP contribution >= 0.6 is 0 Å². The fraction of sp³-hybridized carbons (Fsp3) is 0.200. The molecule has 1 aliphatic heterocycles. The maximum absolute atomic E-state index is 12.5. The van der Waals surface area contributed by atoms with E-state index in [0.29, 0.717) is 10.5 Å². The number of nitrogens with one attached hydrogen (secondary N) is 1. The van der Waals surface area contributed by atoms with E-state index in [-0.39, 0.29) is 36.7 Å². The van der Waals surface area contributed by atoms with Crippen LogP contribution in [-0.2, 0) is 20.9 Å². The molecule has 0 saturated carbocycles. The van der Waals surface area contributed by atoms with Crippen LogP contribution in [0.5, 0.6) is 11.5 Å². The Morgan fingerprint density at radius 2 is 1.70 bits per heavy atom. The van der Waals surface area contributed by atoms with Gasteiger partial charge >= 0.3 is 17.8 Å². The number of nitrogens with two attached hydrogens (primary N) is 1. The minimum atomic E-state index is -1.16. The number of para-hydroxylation sites is 1. The Balaban J connectivity index is 1.70. The summed E-state index contributed by atoms with van der Waals surface area (Å²) in [6.45, 7) is -0.218. The Labute approximate surface area is 171 Å². The van der Waals surface area contributed by atoms with Crippen LogP contribution in [0.25, 0.3) is 0 Å². The van der Waals surface area contributed by atoms with Crippen molar-refractivity contribution in [1.82, 2.24) is 15.1 Å². The predicted octanol–water partition coefficient (Wildman–Crippen LogP) is 0.205. The lowest BCUT2D eigenvalue weighted by Crippen LogP contribution is -2.58. The van der Waals surface area contributed by atoms with Gasteiger partial charge in [-0.3, -0.25) is 19.3 Å². The first-order chi connectivity index (χ1) is 14.3. The highest BCUT2D eigenvalue weighted by Gasteiger charge is 2.37. The number of carbonyl (C=O) groups is 4. The first-order valence-corrected chi connectivity index (χ1v) is 9.05. The third kappa shape index (κ3) is 4.17. The van der Waals surface area contributed by atoms with Crippen LogP contribution in [0.2, 0.25) is 0 Å². The van der Waals surface area contributed by atoms with Crippen LogP contribution in [0.15, 0.2) is 48.5 Å². The third-order valence-electron chi connectivity index (χ3n) is 4.70. The highest BCUT2D eigenvalue weighted by atomic mass is 16.3. The number of aromatic hydroxyl groups is 2. The Morgan fingerprint density at radius 3 is 2.37 bits per heavy atom. The number of nitrogens with zero attached hydrogens (tertiary/aromatic N) is 2. The van der Waals surface area contributed by atoms with Crippen molar-refractivity contribution < 1.29 is 29.4 Å². The van der Waals surface area contributed by atoms with E-state index in [1.54, 1.807) is 30.3 Å². The second kappa shape index (κ2) is 8.52. The van der Waals surface area contributed by atoms with Gasteiger partial charge in [-0.2, -0.15) is 0 Å². The molecule has 0 bridgehead atoms. The Bertz CT molecular complexity index is 994. The molecule has 1 heterocycles. The zero-order chi connectivity index (χ0) is 21.8. The molecule has 5 N–H and O–H groups in total. The molecule has 0 radical (unpaired) electrons. The van der Waals surface area contributed by atoms with Crippen LogP contribution in [0, 0.1) is 0 Å². The van der Waals surface area contributed by atoms with E-state index in [0.717, 1.165) is 4.90 Å². The van der Waals surface area contributed by atoms with Crippen molar-refractivity contribution in [1.29, 1.82) is 0 Å². The van der Waals surface area contributed by atoms with Gasteiger partial charge in [0.2, 0.25) is 5.91 Å². The number of carbonyl (C=O) groups excluding carboxylic acids is 4. The molecule has 1 fully saturated rings. The van der Waals surface area contributed by atoms with Gasteiger partial charge in [-0.25, -0.2) is 4.79 Å². The van der Waals surface area contributed by atoms with Gasteiger partial charge in [0.25, 0.3) is 0 Å². The van der Waals surface area contributed by atoms with Crippen molar-refractivity contribution in [2.45, 2.75) is 12.6 Å². The smallest absolute Gasteiger partial charge is 0.325 e. The molecule has 2 aromatic rings. The van der Waals surface area contributed by atoms with Gasteiger partial charge in [0.15, 0.2) is 11.5 Å². The standard InChI is InChI=1S/C20H20N4O6/c21-17(27)15(12-5-2-1-3-6-12)22-20(30)24-10-9-23(18(28)19(24)29)11-13-7-4-8-14(25)16(13)26/h1-8,15,25-26H,9-11H2,(H2,21,27)(H,22,30). The summed E-state index contributed by atoms with van der Waals surface area (Å²) in [7, 11) is 0. The van der Waals surface area contributed by atoms with Gasteiger partial charge in [-0.05, 0) is 11.6 Å². The number of benzene rings is 2. The molecular formula is C20H20N4O6. The van der Waals surface area contributed by atoms with Crippen molar-refractivity contribution in [3.8, 4) is 11.5 Å². The largest absolute Gasteiger partial charge is 0.504 e. The molecule has 10 nitrogen and oxygen atoms in total. The SMILES string of the molecule is NC(=O)C(NC(=O)N1CCN(Cc2cccc(O)c2O)C(=O)C1=O)c1ccccc1. The molecule has 1 aliphatic rings. The fourth-order valence-electron chi connectivity index (χ4n) is 3.10. The number of rotatable bonds is 5. The lowest BCUT2D eigenvalue weighted by Gasteiger charge is -2.33. The molecule has 0 spiro atoms. The molecule has 156 valence electrons. The maximum Gasteiger partial charge on any atom is 0.325 e. The summed E-state index contributed by atoms with van der Waals surface area (Å²) >= 11 is 0. The summed E-state index contributed by atoms with van der Waals surface area (Å²) in [4.78, 5) is 51.1. The summed E-state index contributed by atoms with van der Waals surface area (Å²) in [6, 6.07) is 10.5. The van der Waals surface area contributed by atoms with E-state index in [1.165, 1.54) is 18.2 Å². The van der Waals surface area contributed by atoms with E-state index in [9.17, 15) is 29.4 Å².